The molecule has 5 rings (SSSR count). The van der Waals surface area contributed by atoms with E-state index in [0.29, 0.717) is 18.1 Å². The molecule has 2 heterocycles. The normalized spacial score (nSPS) is 11.2. The van der Waals surface area contributed by atoms with Crippen molar-refractivity contribution in [1.29, 1.82) is 0 Å². The topological polar surface area (TPSA) is 81.1 Å². The van der Waals surface area contributed by atoms with Crippen LogP contribution < -0.4 is 0 Å². The van der Waals surface area contributed by atoms with Gasteiger partial charge in [-0.15, -0.1) is 0 Å². The maximum absolute atomic E-state index is 10.8. The Labute approximate surface area is 191 Å². The fraction of sp³-hybridized carbons (Fsp3) is 0.148. The van der Waals surface area contributed by atoms with E-state index in [0.717, 1.165) is 39.7 Å². The lowest BCUT2D eigenvalue weighted by atomic mass is 10.0. The minimum absolute atomic E-state index is 0.112. The molecule has 0 unspecified atom stereocenters. The maximum Gasteiger partial charge on any atom is 0.303 e. The molecule has 33 heavy (non-hydrogen) atoms. The maximum atomic E-state index is 10.8. The summed E-state index contributed by atoms with van der Waals surface area (Å²) in [6.45, 7) is 2.78. The van der Waals surface area contributed by atoms with Gasteiger partial charge in [0.15, 0.2) is 0 Å². The second-order valence-corrected chi connectivity index (χ2v) is 8.17. The quantitative estimate of drug-likeness (QED) is 0.352. The summed E-state index contributed by atoms with van der Waals surface area (Å²) >= 11 is 0. The van der Waals surface area contributed by atoms with Gasteiger partial charge in [0, 0.05) is 41.2 Å². The first-order valence-electron chi connectivity index (χ1n) is 10.9. The molecule has 164 valence electrons. The fourth-order valence-corrected chi connectivity index (χ4v) is 4.08. The smallest absolute Gasteiger partial charge is 0.303 e. The van der Waals surface area contributed by atoms with Crippen LogP contribution in [-0.4, -0.2) is 25.8 Å². The SMILES string of the molecule is Cc1cc(CCC(=O)O)ccc1-c1noc(-c2ccc3c(ccn3Cc3ccccc3)c2)n1. The number of aliphatic carboxylic acids is 1. The Bertz CT molecular complexity index is 1430. The average molecular weight is 437 g/mol. The molecule has 0 fully saturated rings. The summed E-state index contributed by atoms with van der Waals surface area (Å²) in [5.74, 6) is 0.193. The molecule has 0 radical (unpaired) electrons. The number of hydrogen-bond acceptors (Lipinski definition) is 4. The Morgan fingerprint density at radius 1 is 1.00 bits per heavy atom. The molecule has 0 saturated heterocycles. The number of nitrogens with zero attached hydrogens (tertiary/aromatic N) is 3. The van der Waals surface area contributed by atoms with Crippen LogP contribution in [0.3, 0.4) is 0 Å². The first-order chi connectivity index (χ1) is 16.1. The van der Waals surface area contributed by atoms with Crippen molar-refractivity contribution < 1.29 is 14.4 Å². The lowest BCUT2D eigenvalue weighted by molar-refractivity contribution is -0.136. The number of benzene rings is 3. The van der Waals surface area contributed by atoms with Crippen molar-refractivity contribution >= 4 is 16.9 Å². The summed E-state index contributed by atoms with van der Waals surface area (Å²) in [4.78, 5) is 15.4. The van der Waals surface area contributed by atoms with Crippen LogP contribution >= 0.6 is 0 Å². The molecule has 0 aliphatic carbocycles. The molecular weight excluding hydrogens is 414 g/mol. The highest BCUT2D eigenvalue weighted by atomic mass is 16.5. The zero-order chi connectivity index (χ0) is 22.8. The number of carboxylic acid groups (broad SMARTS) is 1. The number of rotatable bonds is 7. The van der Waals surface area contributed by atoms with Crippen LogP contribution in [0.15, 0.2) is 83.5 Å². The first-order valence-corrected chi connectivity index (χ1v) is 10.9. The van der Waals surface area contributed by atoms with E-state index in [4.69, 9.17) is 9.63 Å². The molecule has 2 aromatic heterocycles. The Morgan fingerprint density at radius 2 is 1.85 bits per heavy atom. The second kappa shape index (κ2) is 8.74. The van der Waals surface area contributed by atoms with Crippen molar-refractivity contribution in [3.8, 4) is 22.8 Å². The van der Waals surface area contributed by atoms with Gasteiger partial charge in [0.1, 0.15) is 0 Å². The zero-order valence-corrected chi connectivity index (χ0v) is 18.2. The molecule has 1 N–H and O–H groups in total. The van der Waals surface area contributed by atoms with Gasteiger partial charge in [0.2, 0.25) is 5.82 Å². The highest BCUT2D eigenvalue weighted by Gasteiger charge is 2.14. The van der Waals surface area contributed by atoms with Gasteiger partial charge in [-0.3, -0.25) is 4.79 Å². The molecule has 0 aliphatic heterocycles. The van der Waals surface area contributed by atoms with Crippen LogP contribution in [0.4, 0.5) is 0 Å². The lowest BCUT2D eigenvalue weighted by Crippen LogP contribution is -1.98. The highest BCUT2D eigenvalue weighted by molar-refractivity contribution is 5.84. The number of fused-ring (bicyclic) bond motifs is 1. The molecular formula is C27H23N3O3. The van der Waals surface area contributed by atoms with Gasteiger partial charge in [-0.05, 0) is 54.3 Å². The number of carboxylic acids is 1. The largest absolute Gasteiger partial charge is 0.481 e. The van der Waals surface area contributed by atoms with Crippen LogP contribution in [0.2, 0.25) is 0 Å². The number of aryl methyl sites for hydroxylation is 2. The standard InChI is InChI=1S/C27H23N3O3/c1-18-15-19(8-12-25(31)32)7-10-23(18)26-28-27(33-29-26)22-9-11-24-21(16-22)13-14-30(24)17-20-5-3-2-4-6-20/h2-7,9-11,13-16H,8,12,17H2,1H3,(H,31,32). The molecule has 0 saturated carbocycles. The van der Waals surface area contributed by atoms with E-state index in [9.17, 15) is 4.79 Å². The minimum atomic E-state index is -0.799. The van der Waals surface area contributed by atoms with Crippen LogP contribution in [0.25, 0.3) is 33.7 Å². The first kappa shape index (κ1) is 20.7. The molecule has 5 aromatic rings. The third-order valence-electron chi connectivity index (χ3n) is 5.80. The molecule has 0 spiro atoms. The second-order valence-electron chi connectivity index (χ2n) is 8.17. The fourth-order valence-electron chi connectivity index (χ4n) is 4.08. The summed E-state index contributed by atoms with van der Waals surface area (Å²) in [5, 5.41) is 14.2. The molecule has 6 nitrogen and oxygen atoms in total. The Kier molecular flexibility index (Phi) is 5.48. The van der Waals surface area contributed by atoms with Crippen LogP contribution in [0, 0.1) is 6.92 Å². The lowest BCUT2D eigenvalue weighted by Gasteiger charge is -2.06. The van der Waals surface area contributed by atoms with Crippen molar-refractivity contribution in [1.82, 2.24) is 14.7 Å². The summed E-state index contributed by atoms with van der Waals surface area (Å²) in [7, 11) is 0. The molecule has 0 aliphatic rings. The molecule has 3 aromatic carbocycles. The van der Waals surface area contributed by atoms with E-state index < -0.39 is 5.97 Å². The van der Waals surface area contributed by atoms with Crippen molar-refractivity contribution in [3.05, 3.63) is 95.7 Å². The number of carbonyl (C=O) groups is 1. The molecule has 6 heteroatoms. The molecule has 0 atom stereocenters. The summed E-state index contributed by atoms with van der Waals surface area (Å²) in [6, 6.07) is 24.5. The third kappa shape index (κ3) is 4.41. The summed E-state index contributed by atoms with van der Waals surface area (Å²) in [5.41, 5.74) is 6.11. The van der Waals surface area contributed by atoms with Gasteiger partial charge >= 0.3 is 5.97 Å². The average Bonchev–Trinajstić information content (AvgIpc) is 3.46. The van der Waals surface area contributed by atoms with Gasteiger partial charge in [0.25, 0.3) is 5.89 Å². The molecule has 0 amide bonds. The Balaban J connectivity index is 1.38. The summed E-state index contributed by atoms with van der Waals surface area (Å²) in [6.07, 6.45) is 2.70. The van der Waals surface area contributed by atoms with Gasteiger partial charge < -0.3 is 14.2 Å². The number of hydrogen-bond donors (Lipinski definition) is 1. The van der Waals surface area contributed by atoms with Crippen molar-refractivity contribution in [3.63, 3.8) is 0 Å². The van der Waals surface area contributed by atoms with Crippen molar-refractivity contribution in [2.45, 2.75) is 26.3 Å². The zero-order valence-electron chi connectivity index (χ0n) is 18.2. The predicted molar refractivity (Wildman–Crippen MR) is 127 cm³/mol. The predicted octanol–water partition coefficient (Wildman–Crippen LogP) is 5.73. The van der Waals surface area contributed by atoms with Crippen molar-refractivity contribution in [2.24, 2.45) is 0 Å². The van der Waals surface area contributed by atoms with E-state index in [1.807, 2.05) is 37.3 Å². The van der Waals surface area contributed by atoms with Gasteiger partial charge in [-0.1, -0.05) is 53.7 Å². The van der Waals surface area contributed by atoms with Gasteiger partial charge in [0.05, 0.1) is 0 Å². The van der Waals surface area contributed by atoms with E-state index >= 15 is 0 Å². The third-order valence-corrected chi connectivity index (χ3v) is 5.80. The number of aromatic nitrogens is 3. The Morgan fingerprint density at radius 3 is 2.64 bits per heavy atom. The summed E-state index contributed by atoms with van der Waals surface area (Å²) < 4.78 is 7.80. The van der Waals surface area contributed by atoms with Crippen molar-refractivity contribution in [2.75, 3.05) is 0 Å². The monoisotopic (exact) mass is 437 g/mol. The molecule has 0 bridgehead atoms. The van der Waals surface area contributed by atoms with E-state index in [-0.39, 0.29) is 6.42 Å². The highest BCUT2D eigenvalue weighted by Crippen LogP contribution is 2.28. The van der Waals surface area contributed by atoms with Crippen LogP contribution in [0.1, 0.15) is 23.1 Å². The van der Waals surface area contributed by atoms with Gasteiger partial charge in [-0.25, -0.2) is 0 Å². The van der Waals surface area contributed by atoms with E-state index in [1.165, 1.54) is 5.56 Å². The van der Waals surface area contributed by atoms with E-state index in [2.05, 4.69) is 63.4 Å². The van der Waals surface area contributed by atoms with Crippen LogP contribution in [0.5, 0.6) is 0 Å². The van der Waals surface area contributed by atoms with Gasteiger partial charge in [-0.2, -0.15) is 4.98 Å². The Hall–Kier alpha value is -4.19. The van der Waals surface area contributed by atoms with E-state index in [1.54, 1.807) is 0 Å². The minimum Gasteiger partial charge on any atom is -0.481 e. The van der Waals surface area contributed by atoms with Crippen LogP contribution in [-0.2, 0) is 17.8 Å².